The molecule has 0 spiro atoms. The molecule has 2 heterocycles. The summed E-state index contributed by atoms with van der Waals surface area (Å²) in [6.45, 7) is 0. The van der Waals surface area contributed by atoms with E-state index in [4.69, 9.17) is 11.6 Å². The van der Waals surface area contributed by atoms with Gasteiger partial charge < -0.3 is 4.74 Å². The minimum absolute atomic E-state index is 0.147. The van der Waals surface area contributed by atoms with Crippen molar-refractivity contribution in [3.8, 4) is 0 Å². The van der Waals surface area contributed by atoms with E-state index >= 15 is 0 Å². The number of carbonyl (C=O) groups excluding carboxylic acids is 1. The Morgan fingerprint density at radius 3 is 2.95 bits per heavy atom. The summed E-state index contributed by atoms with van der Waals surface area (Å²) in [6.07, 6.45) is 2.89. The van der Waals surface area contributed by atoms with E-state index in [0.717, 1.165) is 7.11 Å². The molecule has 7 nitrogen and oxygen atoms in total. The lowest BCUT2D eigenvalue weighted by molar-refractivity contribution is -0.137. The number of sulfone groups is 1. The van der Waals surface area contributed by atoms with Gasteiger partial charge in [-0.3, -0.25) is 4.79 Å². The summed E-state index contributed by atoms with van der Waals surface area (Å²) in [5, 5.41) is 4.08. The van der Waals surface area contributed by atoms with Crippen molar-refractivity contribution in [2.24, 2.45) is 0 Å². The first-order valence-electron chi connectivity index (χ1n) is 5.16. The number of carbonyl (C=O) groups is 1. The number of hydrogen-bond acceptors (Lipinski definition) is 6. The molecule has 0 saturated heterocycles. The van der Waals surface area contributed by atoms with Crippen LogP contribution in [0.1, 0.15) is 5.56 Å². The Morgan fingerprint density at radius 1 is 1.53 bits per heavy atom. The zero-order valence-corrected chi connectivity index (χ0v) is 11.5. The second-order valence-corrected chi connectivity index (χ2v) is 6.28. The quantitative estimate of drug-likeness (QED) is 0.763. The minimum atomic E-state index is -3.63. The number of esters is 1. The molecule has 0 fully saturated rings. The molecule has 0 radical (unpaired) electrons. The molecule has 0 aliphatic rings. The largest absolute Gasteiger partial charge is 0.468 e. The summed E-state index contributed by atoms with van der Waals surface area (Å²) in [4.78, 5) is 14.9. The van der Waals surface area contributed by atoms with Crippen LogP contribution in [0, 0.1) is 0 Å². The fourth-order valence-corrected chi connectivity index (χ4v) is 3.09. The van der Waals surface area contributed by atoms with Crippen molar-refractivity contribution >= 4 is 32.9 Å². The van der Waals surface area contributed by atoms with Gasteiger partial charge in [0.15, 0.2) is 9.84 Å². The Balaban J connectivity index is 2.35. The van der Waals surface area contributed by atoms with Gasteiger partial charge in [0.05, 0.1) is 24.6 Å². The highest BCUT2D eigenvalue weighted by molar-refractivity contribution is 7.91. The van der Waals surface area contributed by atoms with Gasteiger partial charge >= 0.3 is 5.97 Å². The molecule has 9 heteroatoms. The predicted molar refractivity (Wildman–Crippen MR) is 67.5 cm³/mol. The van der Waals surface area contributed by atoms with Crippen LogP contribution >= 0.6 is 11.6 Å². The van der Waals surface area contributed by atoms with E-state index in [9.17, 15) is 13.2 Å². The van der Waals surface area contributed by atoms with E-state index in [2.05, 4.69) is 14.8 Å². The number of aromatic nitrogens is 3. The summed E-state index contributed by atoms with van der Waals surface area (Å²) in [6, 6.07) is 1.44. The van der Waals surface area contributed by atoms with Crippen LogP contribution in [0.2, 0.25) is 5.15 Å². The Bertz CT molecular complexity index is 725. The lowest BCUT2D eigenvalue weighted by Gasteiger charge is -2.05. The molecule has 0 saturated carbocycles. The maximum atomic E-state index is 11.9. The summed E-state index contributed by atoms with van der Waals surface area (Å²) < 4.78 is 29.4. The van der Waals surface area contributed by atoms with E-state index in [-0.39, 0.29) is 10.9 Å². The average Bonchev–Trinajstić information content (AvgIpc) is 2.75. The molecule has 2 rings (SSSR count). The molecule has 19 heavy (non-hydrogen) atoms. The van der Waals surface area contributed by atoms with Crippen LogP contribution in [0.3, 0.4) is 0 Å². The Morgan fingerprint density at radius 2 is 2.26 bits per heavy atom. The fourth-order valence-electron chi connectivity index (χ4n) is 1.59. The second kappa shape index (κ2) is 5.14. The van der Waals surface area contributed by atoms with Crippen LogP contribution < -0.4 is 0 Å². The van der Waals surface area contributed by atoms with Crippen LogP contribution in [0.4, 0.5) is 0 Å². The summed E-state index contributed by atoms with van der Waals surface area (Å²) in [5.74, 6) is -1.81. The number of methoxy groups -OCH3 is 1. The lowest BCUT2D eigenvalue weighted by Crippen LogP contribution is -2.19. The van der Waals surface area contributed by atoms with Crippen LogP contribution in [-0.4, -0.2) is 41.8 Å². The molecule has 0 atom stereocenters. The molecule has 2 aromatic heterocycles. The van der Waals surface area contributed by atoms with Crippen molar-refractivity contribution < 1.29 is 17.9 Å². The van der Waals surface area contributed by atoms with Crippen molar-refractivity contribution in [3.63, 3.8) is 0 Å². The zero-order valence-electron chi connectivity index (χ0n) is 9.91. The van der Waals surface area contributed by atoms with E-state index in [1.165, 1.54) is 23.1 Å². The maximum Gasteiger partial charge on any atom is 0.320 e. The predicted octanol–water partition coefficient (Wildman–Crippen LogP) is 0.470. The smallest absolute Gasteiger partial charge is 0.320 e. The van der Waals surface area contributed by atoms with E-state index < -0.39 is 21.6 Å². The molecule has 2 aromatic rings. The average molecular weight is 304 g/mol. The van der Waals surface area contributed by atoms with Crippen LogP contribution in [0.5, 0.6) is 0 Å². The summed E-state index contributed by atoms with van der Waals surface area (Å²) >= 11 is 5.80. The number of halogens is 1. The van der Waals surface area contributed by atoms with Gasteiger partial charge in [0.25, 0.3) is 0 Å². The maximum absolute atomic E-state index is 11.9. The molecule has 0 amide bonds. The number of rotatable bonds is 4. The first-order chi connectivity index (χ1) is 8.91. The van der Waals surface area contributed by atoms with Crippen molar-refractivity contribution in [1.82, 2.24) is 14.6 Å². The van der Waals surface area contributed by atoms with E-state index in [1.807, 2.05) is 0 Å². The Labute approximate surface area is 114 Å². The Kier molecular flexibility index (Phi) is 3.72. The topological polar surface area (TPSA) is 90.6 Å². The highest BCUT2D eigenvalue weighted by atomic mass is 35.5. The number of nitrogens with zero attached hydrogens (tertiary/aromatic N) is 3. The molecule has 0 unspecified atom stereocenters. The SMILES string of the molecule is COC(=O)CS(=O)(=O)Cc1cc(Cl)nn2cncc12. The molecule has 102 valence electrons. The van der Waals surface area contributed by atoms with E-state index in [1.54, 1.807) is 0 Å². The zero-order chi connectivity index (χ0) is 14.0. The van der Waals surface area contributed by atoms with Gasteiger partial charge in [0.1, 0.15) is 17.2 Å². The molecule has 0 N–H and O–H groups in total. The van der Waals surface area contributed by atoms with Crippen molar-refractivity contribution in [1.29, 1.82) is 0 Å². The van der Waals surface area contributed by atoms with Gasteiger partial charge in [0.2, 0.25) is 0 Å². The minimum Gasteiger partial charge on any atom is -0.468 e. The number of fused-ring (bicyclic) bond motifs is 1. The molecular formula is C10H10ClN3O4S. The first-order valence-corrected chi connectivity index (χ1v) is 7.36. The van der Waals surface area contributed by atoms with Crippen LogP contribution in [-0.2, 0) is 25.1 Å². The number of ether oxygens (including phenoxy) is 1. The third-order valence-corrected chi connectivity index (χ3v) is 4.00. The van der Waals surface area contributed by atoms with Crippen molar-refractivity contribution in [2.45, 2.75) is 5.75 Å². The lowest BCUT2D eigenvalue weighted by atomic mass is 10.3. The van der Waals surface area contributed by atoms with Gasteiger partial charge in [-0.25, -0.2) is 17.9 Å². The van der Waals surface area contributed by atoms with Crippen molar-refractivity contribution in [3.05, 3.63) is 29.3 Å². The first kappa shape index (κ1) is 13.8. The third kappa shape index (κ3) is 3.21. The van der Waals surface area contributed by atoms with E-state index in [0.29, 0.717) is 11.1 Å². The third-order valence-electron chi connectivity index (χ3n) is 2.39. The van der Waals surface area contributed by atoms with Gasteiger partial charge in [-0.2, -0.15) is 5.10 Å². The molecule has 0 aliphatic heterocycles. The standard InChI is InChI=1S/C10H10ClN3O4S/c1-18-10(15)5-19(16,17)4-7-2-9(11)13-14-6-12-3-8(7)14/h2-3,6H,4-5H2,1H3. The number of imidazole rings is 1. The normalized spacial score (nSPS) is 11.7. The molecule has 0 bridgehead atoms. The summed E-state index contributed by atoms with van der Waals surface area (Å²) in [7, 11) is -2.50. The van der Waals surface area contributed by atoms with Crippen LogP contribution in [0.25, 0.3) is 5.52 Å². The fraction of sp³-hybridized carbons (Fsp3) is 0.300. The number of hydrogen-bond donors (Lipinski definition) is 0. The van der Waals surface area contributed by atoms with Crippen LogP contribution in [0.15, 0.2) is 18.6 Å². The van der Waals surface area contributed by atoms with Gasteiger partial charge in [0, 0.05) is 0 Å². The molecule has 0 aromatic carbocycles. The van der Waals surface area contributed by atoms with Crippen molar-refractivity contribution in [2.75, 3.05) is 12.9 Å². The molecule has 0 aliphatic carbocycles. The van der Waals surface area contributed by atoms with Gasteiger partial charge in [-0.05, 0) is 11.6 Å². The Hall–Kier alpha value is -1.67. The highest BCUT2D eigenvalue weighted by Gasteiger charge is 2.20. The second-order valence-electron chi connectivity index (χ2n) is 3.82. The van der Waals surface area contributed by atoms with Gasteiger partial charge in [-0.15, -0.1) is 0 Å². The summed E-state index contributed by atoms with van der Waals surface area (Å²) in [5.41, 5.74) is 0.958. The monoisotopic (exact) mass is 303 g/mol. The highest BCUT2D eigenvalue weighted by Crippen LogP contribution is 2.17. The van der Waals surface area contributed by atoms with Gasteiger partial charge in [-0.1, -0.05) is 11.6 Å². The molecular weight excluding hydrogens is 294 g/mol.